The van der Waals surface area contributed by atoms with Gasteiger partial charge in [-0.25, -0.2) is 9.98 Å². The Kier molecular flexibility index (Phi) is 4.78. The number of methoxy groups -OCH3 is 1. The zero-order chi connectivity index (χ0) is 22.3. The topological polar surface area (TPSA) is 88.2 Å². The average molecular weight is 431 g/mol. The van der Waals surface area contributed by atoms with Crippen LogP contribution in [0.3, 0.4) is 0 Å². The third kappa shape index (κ3) is 3.44. The van der Waals surface area contributed by atoms with Crippen molar-refractivity contribution in [2.45, 2.75) is 25.0 Å². The van der Waals surface area contributed by atoms with Gasteiger partial charge in [-0.1, -0.05) is 30.3 Å². The van der Waals surface area contributed by atoms with Crippen LogP contribution in [0.4, 0.5) is 0 Å². The van der Waals surface area contributed by atoms with Gasteiger partial charge in [-0.3, -0.25) is 0 Å². The third-order valence-electron chi connectivity index (χ3n) is 5.88. The van der Waals surface area contributed by atoms with Gasteiger partial charge in [0.15, 0.2) is 5.54 Å². The Morgan fingerprint density at radius 1 is 1.06 bits per heavy atom. The molecule has 0 amide bonds. The summed E-state index contributed by atoms with van der Waals surface area (Å²) in [6.45, 7) is 4.60. The molecule has 32 heavy (non-hydrogen) atoms. The third-order valence-corrected chi connectivity index (χ3v) is 5.88. The molecule has 2 aliphatic rings. The molecule has 0 fully saturated rings. The predicted octanol–water partition coefficient (Wildman–Crippen LogP) is 4.25. The Labute approximate surface area is 186 Å². The van der Waals surface area contributed by atoms with E-state index in [-0.39, 0.29) is 12.6 Å². The van der Waals surface area contributed by atoms with Gasteiger partial charge in [0, 0.05) is 24.4 Å². The molecule has 0 radical (unpaired) electrons. The normalized spacial score (nSPS) is 18.9. The van der Waals surface area contributed by atoms with Gasteiger partial charge in [-0.05, 0) is 43.7 Å². The number of aromatic nitrogens is 1. The van der Waals surface area contributed by atoms with Crippen LogP contribution >= 0.6 is 0 Å². The highest BCUT2D eigenvalue weighted by Gasteiger charge is 2.48. The second kappa shape index (κ2) is 7.53. The highest BCUT2D eigenvalue weighted by molar-refractivity contribution is 5.77. The molecule has 5 rings (SSSR count). The fourth-order valence-electron chi connectivity index (χ4n) is 3.90. The van der Waals surface area contributed by atoms with Crippen molar-refractivity contribution >= 4 is 6.02 Å². The molecule has 3 aromatic rings. The van der Waals surface area contributed by atoms with Gasteiger partial charge in [0.2, 0.25) is 5.88 Å². The largest absolute Gasteiger partial charge is 0.491 e. The zero-order valence-corrected chi connectivity index (χ0v) is 18.3. The molecule has 7 nitrogen and oxygen atoms in total. The predicted molar refractivity (Wildman–Crippen MR) is 121 cm³/mol. The highest BCUT2D eigenvalue weighted by Crippen LogP contribution is 2.51. The van der Waals surface area contributed by atoms with Crippen molar-refractivity contribution in [1.82, 2.24) is 4.98 Å². The SMILES string of the molecule is COC(C)(C)COc1ccc2c(c1)[C@@]1(COC(N)=N1)c1cc(-c3ccccc3)cnc1O2. The lowest BCUT2D eigenvalue weighted by Gasteiger charge is -2.33. The van der Waals surface area contributed by atoms with E-state index in [0.717, 1.165) is 22.3 Å². The van der Waals surface area contributed by atoms with Crippen LogP contribution in [0.2, 0.25) is 0 Å². The van der Waals surface area contributed by atoms with Gasteiger partial charge < -0.3 is 24.7 Å². The van der Waals surface area contributed by atoms with Gasteiger partial charge in [0.1, 0.15) is 24.7 Å². The molecule has 3 heterocycles. The van der Waals surface area contributed by atoms with Crippen LogP contribution in [0.1, 0.15) is 25.0 Å². The summed E-state index contributed by atoms with van der Waals surface area (Å²) >= 11 is 0. The summed E-state index contributed by atoms with van der Waals surface area (Å²) in [6.07, 6.45) is 1.81. The summed E-state index contributed by atoms with van der Waals surface area (Å²) in [4.78, 5) is 9.34. The van der Waals surface area contributed by atoms with Crippen LogP contribution < -0.4 is 15.2 Å². The fourth-order valence-corrected chi connectivity index (χ4v) is 3.90. The van der Waals surface area contributed by atoms with Crippen molar-refractivity contribution in [2.75, 3.05) is 20.3 Å². The Morgan fingerprint density at radius 2 is 1.88 bits per heavy atom. The molecule has 2 aliphatic heterocycles. The first-order chi connectivity index (χ1) is 15.4. The molecule has 0 bridgehead atoms. The number of pyridine rings is 1. The van der Waals surface area contributed by atoms with E-state index in [1.807, 2.05) is 68.4 Å². The van der Waals surface area contributed by atoms with E-state index in [4.69, 9.17) is 29.7 Å². The summed E-state index contributed by atoms with van der Waals surface area (Å²) in [5, 5.41) is 0. The smallest absolute Gasteiger partial charge is 0.283 e. The van der Waals surface area contributed by atoms with Crippen LogP contribution in [0.5, 0.6) is 17.4 Å². The summed E-state index contributed by atoms with van der Waals surface area (Å²) in [5.41, 5.74) is 8.37. The Balaban J connectivity index is 1.60. The summed E-state index contributed by atoms with van der Waals surface area (Å²) in [6, 6.07) is 17.9. The van der Waals surface area contributed by atoms with E-state index < -0.39 is 11.1 Å². The maximum atomic E-state index is 6.15. The molecule has 7 heteroatoms. The first kappa shape index (κ1) is 20.3. The van der Waals surface area contributed by atoms with Crippen molar-refractivity contribution in [3.8, 4) is 28.5 Å². The Bertz CT molecular complexity index is 1190. The number of aliphatic imine (C=N–C) groups is 1. The number of hydrogen-bond donors (Lipinski definition) is 1. The summed E-state index contributed by atoms with van der Waals surface area (Å²) < 4.78 is 23.3. The van der Waals surface area contributed by atoms with Crippen LogP contribution in [0, 0.1) is 0 Å². The molecule has 0 unspecified atom stereocenters. The minimum absolute atomic E-state index is 0.140. The quantitative estimate of drug-likeness (QED) is 0.650. The van der Waals surface area contributed by atoms with E-state index in [1.165, 1.54) is 0 Å². The van der Waals surface area contributed by atoms with Gasteiger partial charge in [-0.15, -0.1) is 0 Å². The molecule has 0 aliphatic carbocycles. The highest BCUT2D eigenvalue weighted by atomic mass is 16.5. The number of benzene rings is 2. The molecular weight excluding hydrogens is 406 g/mol. The van der Waals surface area contributed by atoms with E-state index in [1.54, 1.807) is 13.3 Å². The van der Waals surface area contributed by atoms with Gasteiger partial charge in [0.05, 0.1) is 11.2 Å². The van der Waals surface area contributed by atoms with Crippen molar-refractivity contribution in [2.24, 2.45) is 10.7 Å². The number of fused-ring (bicyclic) bond motifs is 4. The van der Waals surface area contributed by atoms with Crippen LogP contribution in [0.15, 0.2) is 65.8 Å². The number of hydrogen-bond acceptors (Lipinski definition) is 7. The monoisotopic (exact) mass is 431 g/mol. The summed E-state index contributed by atoms with van der Waals surface area (Å²) in [5.74, 6) is 1.83. The average Bonchev–Trinajstić information content (AvgIpc) is 3.21. The van der Waals surface area contributed by atoms with Crippen LogP contribution in [-0.4, -0.2) is 36.9 Å². The number of ether oxygens (including phenoxy) is 4. The Hall–Kier alpha value is -3.58. The minimum Gasteiger partial charge on any atom is -0.491 e. The van der Waals surface area contributed by atoms with E-state index in [0.29, 0.717) is 24.0 Å². The first-order valence-electron chi connectivity index (χ1n) is 10.4. The van der Waals surface area contributed by atoms with E-state index >= 15 is 0 Å². The lowest BCUT2D eigenvalue weighted by atomic mass is 9.81. The molecule has 0 saturated heterocycles. The molecule has 164 valence electrons. The van der Waals surface area contributed by atoms with E-state index in [2.05, 4.69) is 4.98 Å². The van der Waals surface area contributed by atoms with Crippen LogP contribution in [0.25, 0.3) is 11.1 Å². The Morgan fingerprint density at radius 3 is 2.59 bits per heavy atom. The van der Waals surface area contributed by atoms with Gasteiger partial charge in [0.25, 0.3) is 6.02 Å². The van der Waals surface area contributed by atoms with Crippen molar-refractivity contribution in [3.05, 3.63) is 71.9 Å². The number of amidine groups is 1. The van der Waals surface area contributed by atoms with Crippen LogP contribution in [-0.2, 0) is 15.0 Å². The fraction of sp³-hybridized carbons (Fsp3) is 0.280. The maximum absolute atomic E-state index is 6.15. The van der Waals surface area contributed by atoms with E-state index in [9.17, 15) is 0 Å². The molecule has 0 saturated carbocycles. The molecule has 1 spiro atoms. The summed E-state index contributed by atoms with van der Waals surface area (Å²) in [7, 11) is 1.67. The first-order valence-corrected chi connectivity index (χ1v) is 10.4. The standard InChI is InChI=1S/C25H25N3O4/c1-24(2,29-3)14-30-18-9-10-21-19(12-18)25(15-31-23(26)28-25)20-11-17(13-27-22(20)32-21)16-7-5-4-6-8-16/h4-13H,14-15H2,1-3H3,(H2,26,28)/t25-/m0/s1. The lowest BCUT2D eigenvalue weighted by molar-refractivity contribution is -0.0147. The number of rotatable bonds is 5. The van der Waals surface area contributed by atoms with Crippen molar-refractivity contribution in [1.29, 1.82) is 0 Å². The number of nitrogens with zero attached hydrogens (tertiary/aromatic N) is 2. The lowest BCUT2D eigenvalue weighted by Crippen LogP contribution is -2.32. The van der Waals surface area contributed by atoms with Gasteiger partial charge in [-0.2, -0.15) is 0 Å². The second-order valence-electron chi connectivity index (χ2n) is 8.55. The molecule has 1 atom stereocenters. The molecular formula is C25H25N3O4. The van der Waals surface area contributed by atoms with Crippen molar-refractivity contribution in [3.63, 3.8) is 0 Å². The minimum atomic E-state index is -0.860. The maximum Gasteiger partial charge on any atom is 0.283 e. The molecule has 2 aromatic carbocycles. The van der Waals surface area contributed by atoms with Gasteiger partial charge >= 0.3 is 0 Å². The second-order valence-corrected chi connectivity index (χ2v) is 8.55. The number of nitrogens with two attached hydrogens (primary N) is 1. The van der Waals surface area contributed by atoms with Crippen molar-refractivity contribution < 1.29 is 18.9 Å². The molecule has 1 aromatic heterocycles. The zero-order valence-electron chi connectivity index (χ0n) is 18.3. The molecule has 2 N–H and O–H groups in total.